The minimum absolute atomic E-state index is 1.15. The molecule has 0 spiro atoms. The third-order valence-corrected chi connectivity index (χ3v) is 10.7. The SMILES string of the molecule is CCCCCCCCc1cc(-c2ccc(-c3c4ccccc4c(-c4ccc5ccccc5c4)c4ccccc34)cc2)c2ccccc2c1C. The zero-order chi connectivity index (χ0) is 33.2. The second kappa shape index (κ2) is 13.7. The van der Waals surface area contributed by atoms with Gasteiger partial charge in [-0.05, 0) is 113 Å². The van der Waals surface area contributed by atoms with E-state index in [0.717, 1.165) is 6.42 Å². The van der Waals surface area contributed by atoms with Crippen molar-refractivity contribution < 1.29 is 0 Å². The van der Waals surface area contributed by atoms with Gasteiger partial charge in [-0.1, -0.05) is 179 Å². The van der Waals surface area contributed by atoms with Gasteiger partial charge in [0.1, 0.15) is 0 Å². The van der Waals surface area contributed by atoms with Crippen LogP contribution in [0.5, 0.6) is 0 Å². The lowest BCUT2D eigenvalue weighted by atomic mass is 9.85. The van der Waals surface area contributed by atoms with E-state index in [1.54, 1.807) is 0 Å². The second-order valence-electron chi connectivity index (χ2n) is 13.8. The molecule has 0 aromatic heterocycles. The van der Waals surface area contributed by atoms with Crippen molar-refractivity contribution in [3.63, 3.8) is 0 Å². The molecule has 0 aliphatic heterocycles. The molecule has 0 N–H and O–H groups in total. The van der Waals surface area contributed by atoms with Gasteiger partial charge in [0.2, 0.25) is 0 Å². The number of hydrogen-bond donors (Lipinski definition) is 0. The molecule has 0 aliphatic carbocycles. The van der Waals surface area contributed by atoms with Gasteiger partial charge in [0, 0.05) is 0 Å². The van der Waals surface area contributed by atoms with Crippen molar-refractivity contribution in [2.75, 3.05) is 0 Å². The first kappa shape index (κ1) is 31.1. The number of aryl methyl sites for hydroxylation is 2. The highest BCUT2D eigenvalue weighted by Gasteiger charge is 2.17. The van der Waals surface area contributed by atoms with Gasteiger partial charge in [-0.25, -0.2) is 0 Å². The molecule has 0 bridgehead atoms. The Kier molecular flexibility index (Phi) is 8.71. The number of benzene rings is 8. The van der Waals surface area contributed by atoms with Crippen molar-refractivity contribution in [3.8, 4) is 33.4 Å². The summed E-state index contributed by atoms with van der Waals surface area (Å²) in [6.07, 6.45) is 9.09. The van der Waals surface area contributed by atoms with Crippen LogP contribution in [0.4, 0.5) is 0 Å². The van der Waals surface area contributed by atoms with E-state index in [1.165, 1.54) is 126 Å². The Morgan fingerprint density at radius 2 is 0.878 bits per heavy atom. The van der Waals surface area contributed by atoms with Gasteiger partial charge < -0.3 is 0 Å². The van der Waals surface area contributed by atoms with Gasteiger partial charge in [-0.15, -0.1) is 0 Å². The van der Waals surface area contributed by atoms with E-state index in [0.29, 0.717) is 0 Å². The van der Waals surface area contributed by atoms with Crippen LogP contribution in [-0.4, -0.2) is 0 Å². The molecule has 240 valence electrons. The Balaban J connectivity index is 1.23. The minimum Gasteiger partial charge on any atom is -0.0654 e. The Hall–Kier alpha value is -5.20. The number of hydrogen-bond acceptors (Lipinski definition) is 0. The van der Waals surface area contributed by atoms with Gasteiger partial charge in [-0.3, -0.25) is 0 Å². The van der Waals surface area contributed by atoms with Gasteiger partial charge >= 0.3 is 0 Å². The Morgan fingerprint density at radius 1 is 0.388 bits per heavy atom. The first-order chi connectivity index (χ1) is 24.2. The Labute approximate surface area is 291 Å². The molecule has 0 nitrogen and oxygen atoms in total. The smallest absolute Gasteiger partial charge is 0.00262 e. The third kappa shape index (κ3) is 5.91. The van der Waals surface area contributed by atoms with Crippen molar-refractivity contribution in [1.29, 1.82) is 0 Å². The summed E-state index contributed by atoms with van der Waals surface area (Å²) in [4.78, 5) is 0. The third-order valence-electron chi connectivity index (χ3n) is 10.7. The first-order valence-corrected chi connectivity index (χ1v) is 18.3. The molecule has 0 amide bonds. The molecule has 8 aromatic carbocycles. The predicted molar refractivity (Wildman–Crippen MR) is 215 cm³/mol. The van der Waals surface area contributed by atoms with Crippen LogP contribution >= 0.6 is 0 Å². The normalized spacial score (nSPS) is 11.6. The molecule has 8 rings (SSSR count). The molecule has 0 unspecified atom stereocenters. The zero-order valence-corrected chi connectivity index (χ0v) is 28.8. The fourth-order valence-corrected chi connectivity index (χ4v) is 8.08. The summed E-state index contributed by atoms with van der Waals surface area (Å²) in [5.74, 6) is 0. The van der Waals surface area contributed by atoms with E-state index >= 15 is 0 Å². The molecule has 0 saturated carbocycles. The van der Waals surface area contributed by atoms with E-state index in [9.17, 15) is 0 Å². The maximum atomic E-state index is 2.49. The lowest BCUT2D eigenvalue weighted by Crippen LogP contribution is -1.95. The minimum atomic E-state index is 1.15. The summed E-state index contributed by atoms with van der Waals surface area (Å²) in [5.41, 5.74) is 10.7. The highest BCUT2D eigenvalue weighted by atomic mass is 14.2. The standard InChI is InChI=1S/C49H44/c1-3-4-5-6-7-8-18-38-33-47(42-21-12-11-20-41(42)34(38)2)36-27-29-37(30-28-36)48-43-22-13-15-24-45(43)49(46-25-16-14-23-44(46)48)40-31-26-35-17-9-10-19-39(35)32-40/h9-17,19-33H,3-8,18H2,1-2H3. The summed E-state index contributed by atoms with van der Waals surface area (Å²) in [5, 5.41) is 10.4. The van der Waals surface area contributed by atoms with Crippen molar-refractivity contribution in [2.45, 2.75) is 58.8 Å². The van der Waals surface area contributed by atoms with Gasteiger partial charge in [0.25, 0.3) is 0 Å². The largest absolute Gasteiger partial charge is 0.0654 e. The number of fused-ring (bicyclic) bond motifs is 4. The van der Waals surface area contributed by atoms with Crippen molar-refractivity contribution >= 4 is 43.1 Å². The quantitative estimate of drug-likeness (QED) is 0.104. The summed E-state index contributed by atoms with van der Waals surface area (Å²) in [6.45, 7) is 4.61. The Morgan fingerprint density at radius 3 is 1.53 bits per heavy atom. The molecular formula is C49H44. The highest BCUT2D eigenvalue weighted by molar-refractivity contribution is 6.21. The molecule has 49 heavy (non-hydrogen) atoms. The molecule has 0 heterocycles. The zero-order valence-electron chi connectivity index (χ0n) is 28.8. The van der Waals surface area contributed by atoms with E-state index in [1.807, 2.05) is 0 Å². The van der Waals surface area contributed by atoms with E-state index < -0.39 is 0 Å². The first-order valence-electron chi connectivity index (χ1n) is 18.3. The highest BCUT2D eigenvalue weighted by Crippen LogP contribution is 2.44. The summed E-state index contributed by atoms with van der Waals surface area (Å²) >= 11 is 0. The van der Waals surface area contributed by atoms with Crippen LogP contribution in [0.1, 0.15) is 56.6 Å². The second-order valence-corrected chi connectivity index (χ2v) is 13.8. The molecular weight excluding hydrogens is 589 g/mol. The van der Waals surface area contributed by atoms with Crippen molar-refractivity contribution in [2.24, 2.45) is 0 Å². The van der Waals surface area contributed by atoms with Crippen LogP contribution in [0, 0.1) is 6.92 Å². The van der Waals surface area contributed by atoms with Crippen LogP contribution < -0.4 is 0 Å². The molecule has 0 aliphatic rings. The van der Waals surface area contributed by atoms with Gasteiger partial charge in [0.05, 0.1) is 0 Å². The predicted octanol–water partition coefficient (Wildman–Crippen LogP) is 14.5. The molecule has 0 saturated heterocycles. The fourth-order valence-electron chi connectivity index (χ4n) is 8.08. The summed E-state index contributed by atoms with van der Waals surface area (Å²) in [6, 6.07) is 54.3. The van der Waals surface area contributed by atoms with Crippen molar-refractivity contribution in [3.05, 3.63) is 157 Å². The number of unbranched alkanes of at least 4 members (excludes halogenated alkanes) is 5. The monoisotopic (exact) mass is 632 g/mol. The molecule has 0 fully saturated rings. The number of rotatable bonds is 10. The summed E-state index contributed by atoms with van der Waals surface area (Å²) in [7, 11) is 0. The lowest BCUT2D eigenvalue weighted by molar-refractivity contribution is 0.607. The average molecular weight is 633 g/mol. The van der Waals surface area contributed by atoms with E-state index in [2.05, 4.69) is 159 Å². The molecule has 0 heteroatoms. The van der Waals surface area contributed by atoms with Crippen LogP contribution in [0.15, 0.2) is 146 Å². The maximum Gasteiger partial charge on any atom is -0.00262 e. The lowest BCUT2D eigenvalue weighted by Gasteiger charge is -2.18. The van der Waals surface area contributed by atoms with Crippen LogP contribution in [0.3, 0.4) is 0 Å². The molecule has 0 radical (unpaired) electrons. The molecule has 8 aromatic rings. The summed E-state index contributed by atoms with van der Waals surface area (Å²) < 4.78 is 0. The van der Waals surface area contributed by atoms with E-state index in [-0.39, 0.29) is 0 Å². The van der Waals surface area contributed by atoms with Gasteiger partial charge in [-0.2, -0.15) is 0 Å². The van der Waals surface area contributed by atoms with Crippen molar-refractivity contribution in [1.82, 2.24) is 0 Å². The Bertz CT molecular complexity index is 2370. The van der Waals surface area contributed by atoms with E-state index in [4.69, 9.17) is 0 Å². The topological polar surface area (TPSA) is 0 Å². The average Bonchev–Trinajstić information content (AvgIpc) is 3.16. The van der Waals surface area contributed by atoms with Crippen LogP contribution in [0.25, 0.3) is 76.5 Å². The molecule has 0 atom stereocenters. The van der Waals surface area contributed by atoms with Crippen LogP contribution in [0.2, 0.25) is 0 Å². The van der Waals surface area contributed by atoms with Gasteiger partial charge in [0.15, 0.2) is 0 Å². The fraction of sp³-hybridized carbons (Fsp3) is 0.184. The maximum absolute atomic E-state index is 2.49. The van der Waals surface area contributed by atoms with Crippen LogP contribution in [-0.2, 0) is 6.42 Å².